The number of aryl methyl sites for hydroxylation is 1. The van der Waals surface area contributed by atoms with Gasteiger partial charge in [-0.15, -0.1) is 0 Å². The Balaban J connectivity index is 1.47. The maximum atomic E-state index is 13.8. The van der Waals surface area contributed by atoms with Crippen LogP contribution < -0.4 is 5.32 Å². The zero-order valence-electron chi connectivity index (χ0n) is 24.2. The van der Waals surface area contributed by atoms with E-state index in [1.54, 1.807) is 19.9 Å². The van der Waals surface area contributed by atoms with E-state index in [1.165, 1.54) is 4.90 Å². The van der Waals surface area contributed by atoms with Crippen molar-refractivity contribution in [3.8, 4) is 0 Å². The lowest BCUT2D eigenvalue weighted by atomic mass is 9.81. The van der Waals surface area contributed by atoms with Crippen molar-refractivity contribution in [3.63, 3.8) is 0 Å². The highest BCUT2D eigenvalue weighted by atomic mass is 19.4. The van der Waals surface area contributed by atoms with Gasteiger partial charge in [0.1, 0.15) is 6.61 Å². The molecular formula is C34H35F3N2O4. The van der Waals surface area contributed by atoms with Crippen molar-refractivity contribution in [1.82, 2.24) is 10.2 Å². The molecule has 0 spiro atoms. The number of hydrogen-bond donors (Lipinski definition) is 1. The highest BCUT2D eigenvalue weighted by Gasteiger charge is 2.46. The van der Waals surface area contributed by atoms with Crippen LogP contribution in [0.3, 0.4) is 0 Å². The molecule has 0 saturated heterocycles. The van der Waals surface area contributed by atoms with E-state index in [0.29, 0.717) is 16.7 Å². The number of carbonyl (C=O) groups excluding carboxylic acids is 2. The van der Waals surface area contributed by atoms with Crippen molar-refractivity contribution in [3.05, 3.63) is 118 Å². The van der Waals surface area contributed by atoms with Gasteiger partial charge < -0.3 is 14.8 Å². The van der Waals surface area contributed by atoms with Gasteiger partial charge in [-0.1, -0.05) is 78.4 Å². The van der Waals surface area contributed by atoms with Crippen LogP contribution in [-0.4, -0.2) is 36.1 Å². The second-order valence-electron chi connectivity index (χ2n) is 11.3. The maximum Gasteiger partial charge on any atom is 0.416 e. The highest BCUT2D eigenvalue weighted by Crippen LogP contribution is 2.40. The number of hydrogen-bond acceptors (Lipinski definition) is 4. The Labute approximate surface area is 249 Å². The van der Waals surface area contributed by atoms with Gasteiger partial charge in [0.2, 0.25) is 5.91 Å². The minimum Gasteiger partial charge on any atom is -0.445 e. The molecule has 0 radical (unpaired) electrons. The van der Waals surface area contributed by atoms with Crippen molar-refractivity contribution >= 4 is 12.0 Å². The SMILES string of the molecule is Cc1cc(C(C)OC[C@@]2(c3ccccc3)CC=C(C(=O)NC3CC3)CN2C(=O)OCc2ccccc2)cc(C(F)(F)F)c1. The van der Waals surface area contributed by atoms with E-state index in [1.807, 2.05) is 66.7 Å². The normalized spacial score (nSPS) is 19.4. The minimum absolute atomic E-state index is 0.0124. The van der Waals surface area contributed by atoms with Crippen LogP contribution >= 0.6 is 0 Å². The Morgan fingerprint density at radius 2 is 1.70 bits per heavy atom. The third kappa shape index (κ3) is 7.28. The topological polar surface area (TPSA) is 67.9 Å². The standard InChI is InChI=1S/C34H35F3N2O4/c1-23-17-27(19-29(18-23)34(35,36)37)24(2)43-22-33(28-11-7-4-8-12-28)16-15-26(31(40)38-30-13-14-30)20-39(33)32(41)42-21-25-9-5-3-6-10-25/h3-12,15,17-19,24,30H,13-14,16,20-22H2,1-2H3,(H,38,40)/t24?,33-/m1/s1. The predicted octanol–water partition coefficient (Wildman–Crippen LogP) is 7.23. The summed E-state index contributed by atoms with van der Waals surface area (Å²) in [5.74, 6) is -0.223. The molecule has 3 aromatic rings. The zero-order chi connectivity index (χ0) is 30.6. The summed E-state index contributed by atoms with van der Waals surface area (Å²) in [4.78, 5) is 28.4. The van der Waals surface area contributed by atoms with Crippen LogP contribution in [0.15, 0.2) is 90.5 Å². The molecule has 1 aliphatic heterocycles. The van der Waals surface area contributed by atoms with E-state index in [9.17, 15) is 22.8 Å². The number of benzene rings is 3. The molecule has 226 valence electrons. The largest absolute Gasteiger partial charge is 0.445 e. The first-order chi connectivity index (χ1) is 20.5. The molecule has 0 bridgehead atoms. The minimum atomic E-state index is -4.49. The van der Waals surface area contributed by atoms with Gasteiger partial charge in [-0.05, 0) is 61.9 Å². The third-order valence-corrected chi connectivity index (χ3v) is 7.94. The molecule has 9 heteroatoms. The maximum absolute atomic E-state index is 13.8. The van der Waals surface area contributed by atoms with E-state index in [-0.39, 0.29) is 38.1 Å². The molecule has 1 unspecified atom stereocenters. The van der Waals surface area contributed by atoms with Crippen LogP contribution in [0.1, 0.15) is 60.1 Å². The van der Waals surface area contributed by atoms with Gasteiger partial charge in [0.05, 0.1) is 30.4 Å². The number of alkyl halides is 3. The van der Waals surface area contributed by atoms with Gasteiger partial charge in [-0.25, -0.2) is 4.79 Å². The van der Waals surface area contributed by atoms with Gasteiger partial charge in [0.25, 0.3) is 0 Å². The Morgan fingerprint density at radius 1 is 1.02 bits per heavy atom. The fraction of sp³-hybridized carbons (Fsp3) is 0.353. The summed E-state index contributed by atoms with van der Waals surface area (Å²) in [5.41, 5.74) is 1.05. The first kappa shape index (κ1) is 30.4. The molecule has 1 fully saturated rings. The molecule has 5 rings (SSSR count). The summed E-state index contributed by atoms with van der Waals surface area (Å²) in [6, 6.07) is 22.6. The van der Waals surface area contributed by atoms with Gasteiger partial charge in [0, 0.05) is 11.6 Å². The molecule has 6 nitrogen and oxygen atoms in total. The van der Waals surface area contributed by atoms with Crippen molar-refractivity contribution < 1.29 is 32.2 Å². The van der Waals surface area contributed by atoms with E-state index in [4.69, 9.17) is 9.47 Å². The number of rotatable bonds is 9. The van der Waals surface area contributed by atoms with Crippen LogP contribution in [0.2, 0.25) is 0 Å². The predicted molar refractivity (Wildman–Crippen MR) is 156 cm³/mol. The third-order valence-electron chi connectivity index (χ3n) is 7.94. The molecule has 2 aliphatic rings. The molecule has 2 atom stereocenters. The first-order valence-electron chi connectivity index (χ1n) is 14.4. The van der Waals surface area contributed by atoms with E-state index in [2.05, 4.69) is 5.32 Å². The number of ether oxygens (including phenoxy) is 2. The Kier molecular flexibility index (Phi) is 8.92. The molecular weight excluding hydrogens is 557 g/mol. The van der Waals surface area contributed by atoms with Crippen molar-refractivity contribution in [2.75, 3.05) is 13.2 Å². The van der Waals surface area contributed by atoms with Crippen LogP contribution in [0, 0.1) is 6.92 Å². The average molecular weight is 593 g/mol. The van der Waals surface area contributed by atoms with Crippen molar-refractivity contribution in [2.24, 2.45) is 0 Å². The van der Waals surface area contributed by atoms with Crippen LogP contribution in [0.25, 0.3) is 0 Å². The Bertz CT molecular complexity index is 1470. The van der Waals surface area contributed by atoms with Crippen molar-refractivity contribution in [2.45, 2.75) is 63.6 Å². The number of nitrogens with zero attached hydrogens (tertiary/aromatic N) is 1. The Morgan fingerprint density at radius 3 is 2.35 bits per heavy atom. The summed E-state index contributed by atoms with van der Waals surface area (Å²) in [7, 11) is 0. The van der Waals surface area contributed by atoms with E-state index < -0.39 is 29.5 Å². The zero-order valence-corrected chi connectivity index (χ0v) is 24.2. The van der Waals surface area contributed by atoms with Crippen LogP contribution in [-0.2, 0) is 32.6 Å². The molecule has 1 N–H and O–H groups in total. The summed E-state index contributed by atoms with van der Waals surface area (Å²) in [6.07, 6.45) is -1.90. The summed E-state index contributed by atoms with van der Waals surface area (Å²) in [5, 5.41) is 2.99. The van der Waals surface area contributed by atoms with Gasteiger partial charge in [-0.2, -0.15) is 13.2 Å². The molecule has 1 saturated carbocycles. The van der Waals surface area contributed by atoms with Crippen molar-refractivity contribution in [1.29, 1.82) is 0 Å². The van der Waals surface area contributed by atoms with Gasteiger partial charge in [0.15, 0.2) is 0 Å². The number of carbonyl (C=O) groups is 2. The molecule has 0 aromatic heterocycles. The summed E-state index contributed by atoms with van der Waals surface area (Å²) < 4.78 is 52.7. The smallest absolute Gasteiger partial charge is 0.416 e. The lowest BCUT2D eigenvalue weighted by molar-refractivity contribution is -0.137. The Hall–Kier alpha value is -4.11. The summed E-state index contributed by atoms with van der Waals surface area (Å²) in [6.45, 7) is 3.29. The quantitative estimate of drug-likeness (QED) is 0.285. The lowest BCUT2D eigenvalue weighted by Crippen LogP contribution is -2.56. The second kappa shape index (κ2) is 12.6. The van der Waals surface area contributed by atoms with Crippen LogP contribution in [0.5, 0.6) is 0 Å². The average Bonchev–Trinajstić information content (AvgIpc) is 3.82. The van der Waals surface area contributed by atoms with E-state index >= 15 is 0 Å². The van der Waals surface area contributed by atoms with Crippen LogP contribution in [0.4, 0.5) is 18.0 Å². The first-order valence-corrected chi connectivity index (χ1v) is 14.4. The van der Waals surface area contributed by atoms with Gasteiger partial charge in [-0.3, -0.25) is 9.69 Å². The monoisotopic (exact) mass is 592 g/mol. The number of halogens is 3. The number of amides is 2. The molecule has 1 heterocycles. The molecule has 1 aliphatic carbocycles. The summed E-state index contributed by atoms with van der Waals surface area (Å²) >= 11 is 0. The lowest BCUT2D eigenvalue weighted by Gasteiger charge is -2.46. The van der Waals surface area contributed by atoms with E-state index in [0.717, 1.165) is 36.1 Å². The fourth-order valence-corrected chi connectivity index (χ4v) is 5.31. The fourth-order valence-electron chi connectivity index (χ4n) is 5.31. The molecule has 43 heavy (non-hydrogen) atoms. The van der Waals surface area contributed by atoms with Gasteiger partial charge >= 0.3 is 12.3 Å². The number of nitrogens with one attached hydrogen (secondary N) is 1. The highest BCUT2D eigenvalue weighted by molar-refractivity contribution is 5.95. The molecule has 2 amide bonds. The molecule has 3 aromatic carbocycles. The second-order valence-corrected chi connectivity index (χ2v) is 11.3.